The molecule has 0 radical (unpaired) electrons. The van der Waals surface area contributed by atoms with E-state index in [0.29, 0.717) is 16.9 Å². The zero-order chi connectivity index (χ0) is 15.0. The average molecular weight is 282 g/mol. The standard InChI is InChI=1S/C16H14N2O3/c1-18-14-12(8-5-9-17-14)16(21,15(18)20)10-13(19)11-6-3-2-4-7-11/h2-9,21H,10H2,1H3/t16-/m1/s1. The summed E-state index contributed by atoms with van der Waals surface area (Å²) >= 11 is 0. The van der Waals surface area contributed by atoms with Gasteiger partial charge in [-0.05, 0) is 6.07 Å². The normalized spacial score (nSPS) is 20.5. The van der Waals surface area contributed by atoms with E-state index in [9.17, 15) is 14.7 Å². The molecule has 5 heteroatoms. The second-order valence-corrected chi connectivity index (χ2v) is 5.06. The van der Waals surface area contributed by atoms with Gasteiger partial charge >= 0.3 is 0 Å². The van der Waals surface area contributed by atoms with Crippen molar-refractivity contribution in [2.24, 2.45) is 0 Å². The molecule has 0 saturated heterocycles. The summed E-state index contributed by atoms with van der Waals surface area (Å²) in [5.74, 6) is -0.414. The zero-order valence-corrected chi connectivity index (χ0v) is 11.5. The minimum atomic E-state index is -1.84. The Hall–Kier alpha value is -2.53. The van der Waals surface area contributed by atoms with Crippen LogP contribution in [0.5, 0.6) is 0 Å². The van der Waals surface area contributed by atoms with Crippen molar-refractivity contribution >= 4 is 17.5 Å². The fourth-order valence-electron chi connectivity index (χ4n) is 2.61. The predicted molar refractivity (Wildman–Crippen MR) is 76.9 cm³/mol. The Labute approximate surface area is 121 Å². The van der Waals surface area contributed by atoms with Crippen LogP contribution in [0, 0.1) is 0 Å². The second kappa shape index (κ2) is 4.79. The smallest absolute Gasteiger partial charge is 0.265 e. The third kappa shape index (κ3) is 2.02. The highest BCUT2D eigenvalue weighted by Crippen LogP contribution is 2.40. The lowest BCUT2D eigenvalue weighted by Gasteiger charge is -2.20. The minimum absolute atomic E-state index is 0.281. The van der Waals surface area contributed by atoms with E-state index in [1.165, 1.54) is 4.90 Å². The van der Waals surface area contributed by atoms with Gasteiger partial charge in [0.05, 0.1) is 6.42 Å². The molecule has 1 amide bonds. The SMILES string of the molecule is CN1C(=O)[C@@](O)(CC(=O)c2ccccc2)c2cccnc21. The van der Waals surface area contributed by atoms with Gasteiger partial charge in [-0.15, -0.1) is 0 Å². The number of fused-ring (bicyclic) bond motifs is 1. The maximum atomic E-state index is 12.3. The van der Waals surface area contributed by atoms with Gasteiger partial charge in [0, 0.05) is 24.4 Å². The summed E-state index contributed by atoms with van der Waals surface area (Å²) in [7, 11) is 1.54. The lowest BCUT2D eigenvalue weighted by atomic mass is 9.89. The van der Waals surface area contributed by atoms with Crippen molar-refractivity contribution in [2.45, 2.75) is 12.0 Å². The van der Waals surface area contributed by atoms with Crippen molar-refractivity contribution in [3.05, 3.63) is 59.8 Å². The Morgan fingerprint density at radius 1 is 1.24 bits per heavy atom. The lowest BCUT2D eigenvalue weighted by molar-refractivity contribution is -0.135. The van der Waals surface area contributed by atoms with Crippen LogP contribution in [-0.2, 0) is 10.4 Å². The Bertz CT molecular complexity index is 714. The number of anilines is 1. The quantitative estimate of drug-likeness (QED) is 0.866. The van der Waals surface area contributed by atoms with Crippen LogP contribution in [0.4, 0.5) is 5.82 Å². The number of pyridine rings is 1. The Balaban J connectivity index is 1.98. The first-order chi connectivity index (χ1) is 10.0. The largest absolute Gasteiger partial charge is 0.375 e. The van der Waals surface area contributed by atoms with Crippen LogP contribution >= 0.6 is 0 Å². The number of hydrogen-bond acceptors (Lipinski definition) is 4. The number of aromatic nitrogens is 1. The number of amides is 1. The molecule has 1 aliphatic rings. The molecule has 0 aliphatic carbocycles. The van der Waals surface area contributed by atoms with E-state index in [0.717, 1.165) is 0 Å². The Morgan fingerprint density at radius 2 is 1.95 bits per heavy atom. The molecule has 106 valence electrons. The van der Waals surface area contributed by atoms with Crippen LogP contribution in [0.15, 0.2) is 48.7 Å². The number of Topliss-reactive ketones (excluding diaryl/α,β-unsaturated/α-hetero) is 1. The molecular formula is C16H14N2O3. The second-order valence-electron chi connectivity index (χ2n) is 5.06. The lowest BCUT2D eigenvalue weighted by Crippen LogP contribution is -2.40. The van der Waals surface area contributed by atoms with E-state index in [4.69, 9.17) is 0 Å². The monoisotopic (exact) mass is 282 g/mol. The van der Waals surface area contributed by atoms with E-state index >= 15 is 0 Å². The number of carbonyl (C=O) groups is 2. The molecule has 0 spiro atoms. The number of benzene rings is 1. The highest BCUT2D eigenvalue weighted by Gasteiger charge is 2.50. The Kier molecular flexibility index (Phi) is 3.07. The number of rotatable bonds is 3. The van der Waals surface area contributed by atoms with Gasteiger partial charge in [-0.25, -0.2) is 4.98 Å². The molecule has 1 aliphatic heterocycles. The van der Waals surface area contributed by atoms with E-state index in [1.54, 1.807) is 55.7 Å². The van der Waals surface area contributed by atoms with Gasteiger partial charge in [0.25, 0.3) is 5.91 Å². The van der Waals surface area contributed by atoms with Crippen LogP contribution in [0.1, 0.15) is 22.3 Å². The maximum absolute atomic E-state index is 12.3. The zero-order valence-electron chi connectivity index (χ0n) is 11.5. The van der Waals surface area contributed by atoms with Gasteiger partial charge in [-0.1, -0.05) is 36.4 Å². The van der Waals surface area contributed by atoms with Crippen molar-refractivity contribution in [3.8, 4) is 0 Å². The van der Waals surface area contributed by atoms with Crippen molar-refractivity contribution in [1.82, 2.24) is 4.98 Å². The van der Waals surface area contributed by atoms with Crippen LogP contribution in [0.25, 0.3) is 0 Å². The van der Waals surface area contributed by atoms with Crippen molar-refractivity contribution in [2.75, 3.05) is 11.9 Å². The van der Waals surface area contributed by atoms with Gasteiger partial charge in [0.2, 0.25) is 0 Å². The molecule has 0 unspecified atom stereocenters. The highest BCUT2D eigenvalue weighted by molar-refractivity contribution is 6.09. The van der Waals surface area contributed by atoms with E-state index in [2.05, 4.69) is 4.98 Å². The molecule has 5 nitrogen and oxygen atoms in total. The predicted octanol–water partition coefficient (Wildman–Crippen LogP) is 1.52. The van der Waals surface area contributed by atoms with Gasteiger partial charge in [-0.3, -0.25) is 14.5 Å². The first-order valence-corrected chi connectivity index (χ1v) is 6.58. The number of ketones is 1. The fraction of sp³-hybridized carbons (Fsp3) is 0.188. The number of hydrogen-bond donors (Lipinski definition) is 1. The highest BCUT2D eigenvalue weighted by atomic mass is 16.3. The van der Waals surface area contributed by atoms with Crippen LogP contribution in [0.2, 0.25) is 0 Å². The third-order valence-electron chi connectivity index (χ3n) is 3.72. The topological polar surface area (TPSA) is 70.5 Å². The van der Waals surface area contributed by atoms with Crippen molar-refractivity contribution in [3.63, 3.8) is 0 Å². The summed E-state index contributed by atoms with van der Waals surface area (Å²) in [5, 5.41) is 10.8. The number of nitrogens with zero attached hydrogens (tertiary/aromatic N) is 2. The molecule has 21 heavy (non-hydrogen) atoms. The van der Waals surface area contributed by atoms with Crippen molar-refractivity contribution < 1.29 is 14.7 Å². The first-order valence-electron chi connectivity index (χ1n) is 6.58. The number of carbonyl (C=O) groups excluding carboxylic acids is 2. The molecule has 3 rings (SSSR count). The first kappa shape index (κ1) is 13.5. The van der Waals surface area contributed by atoms with Crippen molar-refractivity contribution in [1.29, 1.82) is 0 Å². The molecule has 2 aromatic rings. The fourth-order valence-corrected chi connectivity index (χ4v) is 2.61. The summed E-state index contributed by atoms with van der Waals surface area (Å²) in [4.78, 5) is 30.0. The Morgan fingerprint density at radius 3 is 2.67 bits per heavy atom. The van der Waals surface area contributed by atoms with Crippen LogP contribution < -0.4 is 4.90 Å². The van der Waals surface area contributed by atoms with Gasteiger partial charge in [-0.2, -0.15) is 0 Å². The summed E-state index contributed by atoms with van der Waals surface area (Å²) in [6, 6.07) is 11.9. The molecule has 1 aromatic heterocycles. The van der Waals surface area contributed by atoms with Gasteiger partial charge in [0.15, 0.2) is 11.4 Å². The van der Waals surface area contributed by atoms with E-state index < -0.39 is 11.5 Å². The third-order valence-corrected chi connectivity index (χ3v) is 3.72. The molecule has 1 atom stereocenters. The van der Waals surface area contributed by atoms with Crippen LogP contribution in [-0.4, -0.2) is 28.8 Å². The summed E-state index contributed by atoms with van der Waals surface area (Å²) in [6.45, 7) is 0. The molecule has 1 N–H and O–H groups in total. The molecule has 0 bridgehead atoms. The number of aliphatic hydroxyl groups is 1. The average Bonchev–Trinajstić information content (AvgIpc) is 2.71. The van der Waals surface area contributed by atoms with Crippen LogP contribution in [0.3, 0.4) is 0 Å². The molecule has 1 aromatic carbocycles. The van der Waals surface area contributed by atoms with Gasteiger partial charge in [0.1, 0.15) is 5.82 Å². The molecular weight excluding hydrogens is 268 g/mol. The summed E-state index contributed by atoms with van der Waals surface area (Å²) in [5.41, 5.74) is -0.994. The summed E-state index contributed by atoms with van der Waals surface area (Å²) < 4.78 is 0. The van der Waals surface area contributed by atoms with E-state index in [-0.39, 0.29) is 12.2 Å². The van der Waals surface area contributed by atoms with E-state index in [1.807, 2.05) is 0 Å². The molecule has 0 fully saturated rings. The minimum Gasteiger partial charge on any atom is -0.375 e. The molecule has 2 heterocycles. The van der Waals surface area contributed by atoms with Gasteiger partial charge < -0.3 is 5.11 Å². The summed E-state index contributed by atoms with van der Waals surface area (Å²) in [6.07, 6.45) is 1.26. The number of likely N-dealkylation sites (N-methyl/N-ethyl adjacent to an activating group) is 1. The molecule has 0 saturated carbocycles. The maximum Gasteiger partial charge on any atom is 0.265 e.